The predicted molar refractivity (Wildman–Crippen MR) is 67.3 cm³/mol. The van der Waals surface area contributed by atoms with Gasteiger partial charge in [0, 0.05) is 6.04 Å². The molecule has 0 bridgehead atoms. The van der Waals surface area contributed by atoms with Gasteiger partial charge in [-0.1, -0.05) is 13.8 Å². The van der Waals surface area contributed by atoms with Crippen LogP contribution in [0.1, 0.15) is 52.4 Å². The Kier molecular flexibility index (Phi) is 4.26. The Labute approximate surface area is 99.8 Å². The SMILES string of the molecule is CC1CCC(NCC2CCC(O)C2)CC1C. The molecule has 5 atom stereocenters. The van der Waals surface area contributed by atoms with Gasteiger partial charge < -0.3 is 10.4 Å². The summed E-state index contributed by atoms with van der Waals surface area (Å²) in [4.78, 5) is 0. The average Bonchev–Trinajstić information content (AvgIpc) is 2.66. The summed E-state index contributed by atoms with van der Waals surface area (Å²) in [5, 5.41) is 13.2. The Balaban J connectivity index is 1.66. The van der Waals surface area contributed by atoms with Crippen molar-refractivity contribution in [1.29, 1.82) is 0 Å². The maximum Gasteiger partial charge on any atom is 0.0543 e. The summed E-state index contributed by atoms with van der Waals surface area (Å²) in [7, 11) is 0. The molecule has 2 rings (SSSR count). The quantitative estimate of drug-likeness (QED) is 0.773. The van der Waals surface area contributed by atoms with Gasteiger partial charge in [-0.2, -0.15) is 0 Å². The van der Waals surface area contributed by atoms with Gasteiger partial charge in [0.2, 0.25) is 0 Å². The van der Waals surface area contributed by atoms with Crippen molar-refractivity contribution in [3.8, 4) is 0 Å². The van der Waals surface area contributed by atoms with Crippen LogP contribution in [0.15, 0.2) is 0 Å². The minimum Gasteiger partial charge on any atom is -0.393 e. The molecule has 2 saturated carbocycles. The first-order valence-electron chi connectivity index (χ1n) is 7.06. The second kappa shape index (κ2) is 5.50. The highest BCUT2D eigenvalue weighted by Crippen LogP contribution is 2.30. The Morgan fingerprint density at radius 3 is 2.44 bits per heavy atom. The van der Waals surface area contributed by atoms with Crippen molar-refractivity contribution in [1.82, 2.24) is 5.32 Å². The van der Waals surface area contributed by atoms with Gasteiger partial charge in [0.1, 0.15) is 0 Å². The summed E-state index contributed by atoms with van der Waals surface area (Å²) in [6.45, 7) is 5.90. The molecule has 0 spiro atoms. The summed E-state index contributed by atoms with van der Waals surface area (Å²) in [5.41, 5.74) is 0. The Hall–Kier alpha value is -0.0800. The third kappa shape index (κ3) is 3.21. The average molecular weight is 225 g/mol. The van der Waals surface area contributed by atoms with Crippen molar-refractivity contribution < 1.29 is 5.11 Å². The third-order valence-corrected chi connectivity index (χ3v) is 4.81. The minimum absolute atomic E-state index is 0.0166. The molecule has 0 radical (unpaired) electrons. The van der Waals surface area contributed by atoms with Crippen LogP contribution in [0, 0.1) is 17.8 Å². The largest absolute Gasteiger partial charge is 0.393 e. The second-order valence-electron chi connectivity index (χ2n) is 6.21. The molecule has 0 saturated heterocycles. The predicted octanol–water partition coefficient (Wildman–Crippen LogP) is 2.56. The van der Waals surface area contributed by atoms with Crippen molar-refractivity contribution >= 4 is 0 Å². The highest BCUT2D eigenvalue weighted by atomic mass is 16.3. The van der Waals surface area contributed by atoms with Crippen LogP contribution in [-0.2, 0) is 0 Å². The van der Waals surface area contributed by atoms with E-state index in [0.717, 1.165) is 43.2 Å². The van der Waals surface area contributed by atoms with Crippen molar-refractivity contribution in [2.24, 2.45) is 17.8 Å². The highest BCUT2D eigenvalue weighted by molar-refractivity contribution is 4.82. The fourth-order valence-corrected chi connectivity index (χ4v) is 3.30. The normalized spacial score (nSPS) is 44.8. The molecule has 0 aromatic heterocycles. The number of rotatable bonds is 3. The second-order valence-corrected chi connectivity index (χ2v) is 6.21. The number of hydrogen-bond acceptors (Lipinski definition) is 2. The van der Waals surface area contributed by atoms with E-state index in [1.54, 1.807) is 0 Å². The third-order valence-electron chi connectivity index (χ3n) is 4.81. The Bertz CT molecular complexity index is 219. The minimum atomic E-state index is -0.0166. The van der Waals surface area contributed by atoms with E-state index >= 15 is 0 Å². The molecule has 16 heavy (non-hydrogen) atoms. The molecule has 2 aliphatic carbocycles. The van der Waals surface area contributed by atoms with Crippen molar-refractivity contribution in [2.45, 2.75) is 64.5 Å². The molecule has 2 N–H and O–H groups in total. The fourth-order valence-electron chi connectivity index (χ4n) is 3.30. The molecule has 94 valence electrons. The first-order chi connectivity index (χ1) is 7.65. The van der Waals surface area contributed by atoms with Crippen LogP contribution >= 0.6 is 0 Å². The topological polar surface area (TPSA) is 32.3 Å². The van der Waals surface area contributed by atoms with E-state index < -0.39 is 0 Å². The van der Waals surface area contributed by atoms with E-state index in [2.05, 4.69) is 19.2 Å². The molecule has 2 aliphatic rings. The fraction of sp³-hybridized carbons (Fsp3) is 1.00. The van der Waals surface area contributed by atoms with Gasteiger partial charge in [-0.3, -0.25) is 0 Å². The summed E-state index contributed by atoms with van der Waals surface area (Å²) >= 11 is 0. The molecule has 0 aromatic rings. The lowest BCUT2D eigenvalue weighted by Crippen LogP contribution is -2.38. The Morgan fingerprint density at radius 2 is 1.81 bits per heavy atom. The summed E-state index contributed by atoms with van der Waals surface area (Å²) in [5.74, 6) is 2.51. The van der Waals surface area contributed by atoms with Crippen LogP contribution in [0.4, 0.5) is 0 Å². The van der Waals surface area contributed by atoms with E-state index in [1.165, 1.54) is 25.7 Å². The monoisotopic (exact) mass is 225 g/mol. The van der Waals surface area contributed by atoms with Crippen molar-refractivity contribution in [3.63, 3.8) is 0 Å². The van der Waals surface area contributed by atoms with Crippen molar-refractivity contribution in [3.05, 3.63) is 0 Å². The molecular formula is C14H27NO. The summed E-state index contributed by atoms with van der Waals surface area (Å²) in [6.07, 6.45) is 7.31. The molecular weight excluding hydrogens is 198 g/mol. The zero-order chi connectivity index (χ0) is 11.5. The standard InChI is InChI=1S/C14H27NO/c1-10-3-5-13(7-11(10)2)15-9-12-4-6-14(16)8-12/h10-16H,3-9H2,1-2H3. The van der Waals surface area contributed by atoms with Crippen LogP contribution in [0.2, 0.25) is 0 Å². The van der Waals surface area contributed by atoms with Crippen LogP contribution < -0.4 is 5.32 Å². The van der Waals surface area contributed by atoms with Crippen LogP contribution in [0.5, 0.6) is 0 Å². The highest BCUT2D eigenvalue weighted by Gasteiger charge is 2.26. The van der Waals surface area contributed by atoms with E-state index in [0.29, 0.717) is 0 Å². The molecule has 5 unspecified atom stereocenters. The lowest BCUT2D eigenvalue weighted by Gasteiger charge is -2.33. The van der Waals surface area contributed by atoms with Crippen LogP contribution in [0.25, 0.3) is 0 Å². The van der Waals surface area contributed by atoms with Crippen molar-refractivity contribution in [2.75, 3.05) is 6.54 Å². The molecule has 0 heterocycles. The van der Waals surface area contributed by atoms with Crippen LogP contribution in [-0.4, -0.2) is 23.8 Å². The maximum absolute atomic E-state index is 9.49. The van der Waals surface area contributed by atoms with E-state index in [1.807, 2.05) is 0 Å². The van der Waals surface area contributed by atoms with Gasteiger partial charge in [0.25, 0.3) is 0 Å². The van der Waals surface area contributed by atoms with Crippen LogP contribution in [0.3, 0.4) is 0 Å². The lowest BCUT2D eigenvalue weighted by molar-refractivity contribution is 0.175. The van der Waals surface area contributed by atoms with Gasteiger partial charge in [0.15, 0.2) is 0 Å². The molecule has 0 aliphatic heterocycles. The molecule has 2 nitrogen and oxygen atoms in total. The summed E-state index contributed by atoms with van der Waals surface area (Å²) < 4.78 is 0. The smallest absolute Gasteiger partial charge is 0.0543 e. The first kappa shape index (κ1) is 12.4. The van der Waals surface area contributed by atoms with Gasteiger partial charge in [-0.05, 0) is 62.8 Å². The number of aliphatic hydroxyl groups is 1. The van der Waals surface area contributed by atoms with Gasteiger partial charge in [-0.25, -0.2) is 0 Å². The van der Waals surface area contributed by atoms with E-state index in [4.69, 9.17) is 0 Å². The number of hydrogen-bond donors (Lipinski definition) is 2. The van der Waals surface area contributed by atoms with Gasteiger partial charge >= 0.3 is 0 Å². The summed E-state index contributed by atoms with van der Waals surface area (Å²) in [6, 6.07) is 0.740. The molecule has 2 fully saturated rings. The van der Waals surface area contributed by atoms with Gasteiger partial charge in [-0.15, -0.1) is 0 Å². The number of aliphatic hydroxyl groups excluding tert-OH is 1. The van der Waals surface area contributed by atoms with E-state index in [-0.39, 0.29) is 6.10 Å². The molecule has 0 aromatic carbocycles. The first-order valence-corrected chi connectivity index (χ1v) is 7.06. The lowest BCUT2D eigenvalue weighted by atomic mass is 9.79. The van der Waals surface area contributed by atoms with E-state index in [9.17, 15) is 5.11 Å². The zero-order valence-corrected chi connectivity index (χ0v) is 10.8. The molecule has 2 heteroatoms. The maximum atomic E-state index is 9.49. The molecule has 0 amide bonds. The Morgan fingerprint density at radius 1 is 1.00 bits per heavy atom. The number of nitrogens with one attached hydrogen (secondary N) is 1. The zero-order valence-electron chi connectivity index (χ0n) is 10.8. The van der Waals surface area contributed by atoms with Gasteiger partial charge in [0.05, 0.1) is 6.10 Å².